The van der Waals surface area contributed by atoms with E-state index < -0.39 is 0 Å². The number of rotatable bonds is 6. The predicted octanol–water partition coefficient (Wildman–Crippen LogP) is 3.93. The third-order valence-electron chi connectivity index (χ3n) is 4.11. The molecule has 0 radical (unpaired) electrons. The molecule has 1 fully saturated rings. The number of hydrogen-bond acceptors (Lipinski definition) is 2. The molecule has 2 heteroatoms. The van der Waals surface area contributed by atoms with E-state index in [2.05, 4.69) is 49.5 Å². The first-order chi connectivity index (χ1) is 9.29. The lowest BCUT2D eigenvalue weighted by Gasteiger charge is -2.28. The fourth-order valence-electron chi connectivity index (χ4n) is 2.83. The normalized spacial score (nSPS) is 25.2. The van der Waals surface area contributed by atoms with Crippen LogP contribution in [-0.4, -0.2) is 19.3 Å². The highest BCUT2D eigenvalue weighted by Crippen LogP contribution is 2.26. The Morgan fingerprint density at radius 1 is 1.16 bits per heavy atom. The predicted molar refractivity (Wildman–Crippen MR) is 80.2 cm³/mol. The van der Waals surface area contributed by atoms with E-state index in [0.29, 0.717) is 12.1 Å². The van der Waals surface area contributed by atoms with Gasteiger partial charge in [-0.1, -0.05) is 44.2 Å². The van der Waals surface area contributed by atoms with Crippen molar-refractivity contribution >= 4 is 0 Å². The molecule has 1 atom stereocenters. The van der Waals surface area contributed by atoms with Gasteiger partial charge in [0.2, 0.25) is 0 Å². The molecule has 1 aromatic carbocycles. The summed E-state index contributed by atoms with van der Waals surface area (Å²) in [6.07, 6.45) is 5.58. The summed E-state index contributed by atoms with van der Waals surface area (Å²) in [6, 6.07) is 10.9. The number of benzene rings is 1. The number of likely N-dealkylation sites (N-methyl/N-ethyl adjacent to an activating group) is 1. The van der Waals surface area contributed by atoms with Gasteiger partial charge in [0.15, 0.2) is 0 Å². The second-order valence-corrected chi connectivity index (χ2v) is 5.74. The minimum absolute atomic E-state index is 0.325. The van der Waals surface area contributed by atoms with Gasteiger partial charge in [-0.3, -0.25) is 0 Å². The van der Waals surface area contributed by atoms with Crippen LogP contribution in [0.15, 0.2) is 30.3 Å². The Morgan fingerprint density at radius 2 is 1.84 bits per heavy atom. The van der Waals surface area contributed by atoms with Gasteiger partial charge < -0.3 is 10.1 Å². The van der Waals surface area contributed by atoms with Gasteiger partial charge in [0.1, 0.15) is 0 Å². The van der Waals surface area contributed by atoms with Gasteiger partial charge in [-0.05, 0) is 43.7 Å². The molecule has 0 saturated heterocycles. The van der Waals surface area contributed by atoms with Gasteiger partial charge in [-0.15, -0.1) is 0 Å². The van der Waals surface area contributed by atoms with Crippen molar-refractivity contribution in [2.45, 2.75) is 51.7 Å². The molecular weight excluding hydrogens is 234 g/mol. The zero-order chi connectivity index (χ0) is 13.5. The molecule has 106 valence electrons. The SMILES string of the molecule is CCNC(COC1CCC(C)CC1)c1ccccc1. The zero-order valence-electron chi connectivity index (χ0n) is 12.3. The van der Waals surface area contributed by atoms with E-state index in [0.717, 1.165) is 19.1 Å². The second kappa shape index (κ2) is 7.66. The van der Waals surface area contributed by atoms with E-state index in [1.807, 2.05) is 0 Å². The highest BCUT2D eigenvalue weighted by molar-refractivity contribution is 5.18. The third-order valence-corrected chi connectivity index (χ3v) is 4.11. The maximum absolute atomic E-state index is 6.14. The van der Waals surface area contributed by atoms with Crippen molar-refractivity contribution in [1.82, 2.24) is 5.32 Å². The van der Waals surface area contributed by atoms with Gasteiger partial charge >= 0.3 is 0 Å². The average Bonchev–Trinajstić information content (AvgIpc) is 2.46. The average molecular weight is 261 g/mol. The summed E-state index contributed by atoms with van der Waals surface area (Å²) in [7, 11) is 0. The molecule has 1 aliphatic carbocycles. The Hall–Kier alpha value is -0.860. The van der Waals surface area contributed by atoms with Crippen molar-refractivity contribution < 1.29 is 4.74 Å². The summed E-state index contributed by atoms with van der Waals surface area (Å²) >= 11 is 0. The molecule has 0 bridgehead atoms. The van der Waals surface area contributed by atoms with Gasteiger partial charge in [0, 0.05) is 0 Å². The first-order valence-corrected chi connectivity index (χ1v) is 7.69. The molecule has 2 nitrogen and oxygen atoms in total. The van der Waals surface area contributed by atoms with Gasteiger partial charge in [-0.2, -0.15) is 0 Å². The van der Waals surface area contributed by atoms with Crippen molar-refractivity contribution in [2.75, 3.05) is 13.2 Å². The van der Waals surface area contributed by atoms with Crippen molar-refractivity contribution in [1.29, 1.82) is 0 Å². The highest BCUT2D eigenvalue weighted by atomic mass is 16.5. The molecular formula is C17H27NO. The molecule has 0 amide bonds. The first kappa shape index (κ1) is 14.5. The Balaban J connectivity index is 1.84. The standard InChI is InChI=1S/C17H27NO/c1-3-18-17(15-7-5-4-6-8-15)13-19-16-11-9-14(2)10-12-16/h4-8,14,16-18H,3,9-13H2,1-2H3. The van der Waals surface area contributed by atoms with Crippen LogP contribution in [0.2, 0.25) is 0 Å². The third kappa shape index (κ3) is 4.63. The van der Waals surface area contributed by atoms with Crippen LogP contribution in [0.1, 0.15) is 51.1 Å². The smallest absolute Gasteiger partial charge is 0.0665 e. The van der Waals surface area contributed by atoms with Gasteiger partial charge in [0.05, 0.1) is 18.8 Å². The molecule has 1 aromatic rings. The molecule has 1 aliphatic rings. The zero-order valence-corrected chi connectivity index (χ0v) is 12.3. The maximum Gasteiger partial charge on any atom is 0.0665 e. The molecule has 1 saturated carbocycles. The fourth-order valence-corrected chi connectivity index (χ4v) is 2.83. The van der Waals surface area contributed by atoms with Crippen LogP contribution < -0.4 is 5.32 Å². The highest BCUT2D eigenvalue weighted by Gasteiger charge is 2.20. The van der Waals surface area contributed by atoms with Gasteiger partial charge in [0.25, 0.3) is 0 Å². The van der Waals surface area contributed by atoms with Crippen LogP contribution in [0, 0.1) is 5.92 Å². The minimum Gasteiger partial charge on any atom is -0.376 e. The molecule has 19 heavy (non-hydrogen) atoms. The van der Waals surface area contributed by atoms with E-state index in [4.69, 9.17) is 4.74 Å². The topological polar surface area (TPSA) is 21.3 Å². The van der Waals surface area contributed by atoms with Crippen LogP contribution >= 0.6 is 0 Å². The van der Waals surface area contributed by atoms with E-state index in [-0.39, 0.29) is 0 Å². The molecule has 1 unspecified atom stereocenters. The summed E-state index contributed by atoms with van der Waals surface area (Å²) in [5, 5.41) is 3.52. The van der Waals surface area contributed by atoms with Crippen molar-refractivity contribution in [3.8, 4) is 0 Å². The number of hydrogen-bond donors (Lipinski definition) is 1. The number of nitrogens with one attached hydrogen (secondary N) is 1. The van der Waals surface area contributed by atoms with E-state index in [1.54, 1.807) is 0 Å². The van der Waals surface area contributed by atoms with Crippen LogP contribution in [0.25, 0.3) is 0 Å². The lowest BCUT2D eigenvalue weighted by molar-refractivity contribution is 0.00808. The summed E-state index contributed by atoms with van der Waals surface area (Å²) in [4.78, 5) is 0. The molecule has 2 rings (SSSR count). The lowest BCUT2D eigenvalue weighted by atomic mass is 9.89. The monoisotopic (exact) mass is 261 g/mol. The van der Waals surface area contributed by atoms with E-state index in [1.165, 1.54) is 31.2 Å². The van der Waals surface area contributed by atoms with Crippen molar-refractivity contribution in [2.24, 2.45) is 5.92 Å². The maximum atomic E-state index is 6.14. The van der Waals surface area contributed by atoms with Crippen molar-refractivity contribution in [3.63, 3.8) is 0 Å². The summed E-state index contributed by atoms with van der Waals surface area (Å²) in [6.45, 7) is 6.27. The molecule has 0 aromatic heterocycles. The lowest BCUT2D eigenvalue weighted by Crippen LogP contribution is -2.29. The minimum atomic E-state index is 0.325. The Morgan fingerprint density at radius 3 is 2.47 bits per heavy atom. The Bertz CT molecular complexity index is 344. The molecule has 1 N–H and O–H groups in total. The fraction of sp³-hybridized carbons (Fsp3) is 0.647. The molecule has 0 aliphatic heterocycles. The number of ether oxygens (including phenoxy) is 1. The summed E-state index contributed by atoms with van der Waals surface area (Å²) < 4.78 is 6.14. The molecule has 0 heterocycles. The van der Waals surface area contributed by atoms with Crippen LogP contribution in [0.5, 0.6) is 0 Å². The largest absolute Gasteiger partial charge is 0.376 e. The Labute approximate surface area is 117 Å². The molecule has 0 spiro atoms. The van der Waals surface area contributed by atoms with Crippen LogP contribution in [0.4, 0.5) is 0 Å². The Kier molecular flexibility index (Phi) is 5.87. The van der Waals surface area contributed by atoms with E-state index >= 15 is 0 Å². The second-order valence-electron chi connectivity index (χ2n) is 5.74. The quantitative estimate of drug-likeness (QED) is 0.837. The summed E-state index contributed by atoms with van der Waals surface area (Å²) in [5.74, 6) is 0.888. The van der Waals surface area contributed by atoms with Crippen LogP contribution in [0.3, 0.4) is 0 Å². The first-order valence-electron chi connectivity index (χ1n) is 7.69. The van der Waals surface area contributed by atoms with E-state index in [9.17, 15) is 0 Å². The van der Waals surface area contributed by atoms with Gasteiger partial charge in [-0.25, -0.2) is 0 Å². The summed E-state index contributed by atoms with van der Waals surface area (Å²) in [5.41, 5.74) is 1.33. The van der Waals surface area contributed by atoms with Crippen molar-refractivity contribution in [3.05, 3.63) is 35.9 Å². The van der Waals surface area contributed by atoms with Crippen LogP contribution in [-0.2, 0) is 4.74 Å².